The molecule has 0 N–H and O–H groups in total. The summed E-state index contributed by atoms with van der Waals surface area (Å²) in [6, 6.07) is 26.7. The molecule has 0 bridgehead atoms. The molecule has 0 radical (unpaired) electrons. The number of aromatic nitrogens is 1. The van der Waals surface area contributed by atoms with E-state index < -0.39 is 8.07 Å². The van der Waals surface area contributed by atoms with Crippen molar-refractivity contribution in [2.24, 2.45) is 7.05 Å². The highest BCUT2D eigenvalue weighted by Gasteiger charge is 2.23. The smallest absolute Gasteiger partial charge is 0.201 e. The van der Waals surface area contributed by atoms with Crippen molar-refractivity contribution >= 4 is 40.3 Å². The Morgan fingerprint density at radius 1 is 0.861 bits per heavy atom. The normalized spacial score (nSPS) is 12.6. The molecule has 0 aliphatic rings. The average Bonchev–Trinajstić information content (AvgIpc) is 3.21. The molecule has 0 spiro atoms. The summed E-state index contributed by atoms with van der Waals surface area (Å²) in [5, 5.41) is 4.09. The maximum atomic E-state index is 2.45. The van der Waals surface area contributed by atoms with E-state index in [1.807, 2.05) is 11.3 Å². The van der Waals surface area contributed by atoms with Gasteiger partial charge in [0.1, 0.15) is 7.05 Å². The third-order valence-corrected chi connectivity index (χ3v) is 9.78. The standard InChI is InChI=1S/C33H38NSSi/c1-22-26-11-9-10-12-27(26)29(33(2,3)4)20-28(22)30-18-24(15-16-34(30)5)32-19-25-17-23(21-36(6,7)8)13-14-31(25)35-32/h9-20H,21H2,1-8H3/q+1. The van der Waals surface area contributed by atoms with Crippen LogP contribution in [0.1, 0.15) is 37.5 Å². The zero-order valence-corrected chi connectivity index (χ0v) is 24.8. The Morgan fingerprint density at radius 2 is 1.58 bits per heavy atom. The van der Waals surface area contributed by atoms with Crippen LogP contribution in [0.4, 0.5) is 0 Å². The van der Waals surface area contributed by atoms with Crippen molar-refractivity contribution in [3.05, 3.63) is 89.6 Å². The van der Waals surface area contributed by atoms with Gasteiger partial charge < -0.3 is 0 Å². The fourth-order valence-electron chi connectivity index (χ4n) is 5.36. The van der Waals surface area contributed by atoms with E-state index in [4.69, 9.17) is 0 Å². The SMILES string of the molecule is Cc1c(-c2cc(-c3cc4cc(C[Si](C)(C)C)ccc4s3)cc[n+]2C)cc(C(C)(C)C)c2ccccc12. The number of thiophene rings is 1. The molecule has 0 fully saturated rings. The van der Waals surface area contributed by atoms with E-state index in [1.165, 1.54) is 65.3 Å². The molecule has 5 rings (SSSR count). The molecule has 0 atom stereocenters. The fraction of sp³-hybridized carbons (Fsp3) is 0.303. The van der Waals surface area contributed by atoms with Gasteiger partial charge in [-0.1, -0.05) is 76.8 Å². The summed E-state index contributed by atoms with van der Waals surface area (Å²) in [6.07, 6.45) is 2.22. The number of benzene rings is 3. The highest BCUT2D eigenvalue weighted by molar-refractivity contribution is 7.22. The Bertz CT molecular complexity index is 1590. The molecule has 0 aliphatic heterocycles. The van der Waals surface area contributed by atoms with Crippen molar-refractivity contribution in [3.63, 3.8) is 0 Å². The minimum atomic E-state index is -1.14. The molecule has 5 aromatic rings. The molecule has 0 unspecified atom stereocenters. The molecule has 2 heterocycles. The topological polar surface area (TPSA) is 3.88 Å². The largest absolute Gasteiger partial charge is 0.213 e. The van der Waals surface area contributed by atoms with Gasteiger partial charge in [-0.3, -0.25) is 0 Å². The summed E-state index contributed by atoms with van der Waals surface area (Å²) in [6.45, 7) is 16.6. The van der Waals surface area contributed by atoms with E-state index in [2.05, 4.69) is 132 Å². The van der Waals surface area contributed by atoms with Crippen molar-refractivity contribution < 1.29 is 4.57 Å². The summed E-state index contributed by atoms with van der Waals surface area (Å²) in [7, 11) is 1.03. The van der Waals surface area contributed by atoms with Gasteiger partial charge in [0.25, 0.3) is 0 Å². The third-order valence-electron chi connectivity index (χ3n) is 7.15. The first-order valence-electron chi connectivity index (χ1n) is 13.0. The van der Waals surface area contributed by atoms with Crippen molar-refractivity contribution in [3.8, 4) is 21.7 Å². The van der Waals surface area contributed by atoms with Gasteiger partial charge in [0, 0.05) is 40.9 Å². The number of fused-ring (bicyclic) bond motifs is 2. The molecule has 0 saturated heterocycles. The molecule has 0 saturated carbocycles. The van der Waals surface area contributed by atoms with E-state index in [9.17, 15) is 0 Å². The van der Waals surface area contributed by atoms with Gasteiger partial charge in [-0.05, 0) is 69.4 Å². The zero-order chi connectivity index (χ0) is 25.8. The number of hydrogen-bond donors (Lipinski definition) is 0. The minimum absolute atomic E-state index is 0.0668. The number of aryl methyl sites for hydroxylation is 2. The molecule has 3 heteroatoms. The molecule has 1 nitrogen and oxygen atoms in total. The molecular formula is C33H38NSSi+. The lowest BCUT2D eigenvalue weighted by Crippen LogP contribution is -2.30. The number of hydrogen-bond acceptors (Lipinski definition) is 1. The van der Waals surface area contributed by atoms with Crippen molar-refractivity contribution in [2.75, 3.05) is 0 Å². The maximum Gasteiger partial charge on any atom is 0.213 e. The summed E-state index contributed by atoms with van der Waals surface area (Å²) in [5.74, 6) is 0. The lowest BCUT2D eigenvalue weighted by atomic mass is 9.80. The Labute approximate surface area is 221 Å². The van der Waals surface area contributed by atoms with Gasteiger partial charge in [0.2, 0.25) is 5.69 Å². The lowest BCUT2D eigenvalue weighted by Gasteiger charge is -2.24. The van der Waals surface area contributed by atoms with Crippen LogP contribution in [0.3, 0.4) is 0 Å². The summed E-state index contributed by atoms with van der Waals surface area (Å²) >= 11 is 1.90. The van der Waals surface area contributed by atoms with Gasteiger partial charge in [-0.2, -0.15) is 0 Å². The van der Waals surface area contributed by atoms with Gasteiger partial charge in [-0.15, -0.1) is 11.3 Å². The van der Waals surface area contributed by atoms with Crippen molar-refractivity contribution in [1.29, 1.82) is 0 Å². The Hall–Kier alpha value is -2.75. The van der Waals surface area contributed by atoms with Crippen LogP contribution in [0.15, 0.2) is 72.9 Å². The van der Waals surface area contributed by atoms with E-state index in [1.54, 1.807) is 0 Å². The first-order chi connectivity index (χ1) is 16.9. The molecule has 184 valence electrons. The summed E-state index contributed by atoms with van der Waals surface area (Å²) in [4.78, 5) is 1.34. The van der Waals surface area contributed by atoms with Crippen LogP contribution < -0.4 is 4.57 Å². The summed E-state index contributed by atoms with van der Waals surface area (Å²) < 4.78 is 3.64. The monoisotopic (exact) mass is 508 g/mol. The van der Waals surface area contributed by atoms with Crippen molar-refractivity contribution in [1.82, 2.24) is 0 Å². The zero-order valence-electron chi connectivity index (χ0n) is 23.0. The van der Waals surface area contributed by atoms with Gasteiger partial charge in [-0.25, -0.2) is 4.57 Å². The molecule has 0 aliphatic carbocycles. The fourth-order valence-corrected chi connectivity index (χ4v) is 7.84. The second kappa shape index (κ2) is 8.97. The van der Waals surface area contributed by atoms with Gasteiger partial charge in [0.05, 0.1) is 0 Å². The first kappa shape index (κ1) is 24.9. The summed E-state index contributed by atoms with van der Waals surface area (Å²) in [5.41, 5.74) is 8.17. The average molecular weight is 509 g/mol. The quantitative estimate of drug-likeness (QED) is 0.168. The number of nitrogens with zero attached hydrogens (tertiary/aromatic N) is 1. The molecule has 36 heavy (non-hydrogen) atoms. The van der Waals surface area contributed by atoms with Crippen LogP contribution in [-0.2, 0) is 18.5 Å². The van der Waals surface area contributed by atoms with Gasteiger partial charge in [0.15, 0.2) is 6.20 Å². The van der Waals surface area contributed by atoms with E-state index >= 15 is 0 Å². The van der Waals surface area contributed by atoms with Crippen LogP contribution in [0.25, 0.3) is 42.6 Å². The predicted octanol–water partition coefficient (Wildman–Crippen LogP) is 9.24. The lowest BCUT2D eigenvalue weighted by molar-refractivity contribution is -0.660. The molecule has 2 aromatic heterocycles. The van der Waals surface area contributed by atoms with Gasteiger partial charge >= 0.3 is 0 Å². The highest BCUT2D eigenvalue weighted by atomic mass is 32.1. The first-order valence-corrected chi connectivity index (χ1v) is 17.5. The van der Waals surface area contributed by atoms with Crippen LogP contribution >= 0.6 is 11.3 Å². The second-order valence-electron chi connectivity index (χ2n) is 12.5. The highest BCUT2D eigenvalue weighted by Crippen LogP contribution is 2.39. The Morgan fingerprint density at radius 3 is 2.28 bits per heavy atom. The Kier molecular flexibility index (Phi) is 6.21. The van der Waals surface area contributed by atoms with E-state index in [-0.39, 0.29) is 5.41 Å². The van der Waals surface area contributed by atoms with E-state index in [0.29, 0.717) is 0 Å². The Balaban J connectivity index is 1.64. The minimum Gasteiger partial charge on any atom is -0.201 e. The van der Waals surface area contributed by atoms with Crippen LogP contribution in [0.2, 0.25) is 19.6 Å². The molecule has 3 aromatic carbocycles. The van der Waals surface area contributed by atoms with Crippen molar-refractivity contribution in [2.45, 2.75) is 58.8 Å². The van der Waals surface area contributed by atoms with E-state index in [0.717, 1.165) is 0 Å². The second-order valence-corrected chi connectivity index (χ2v) is 19.1. The van der Waals surface area contributed by atoms with Crippen LogP contribution in [-0.4, -0.2) is 8.07 Å². The number of pyridine rings is 1. The molecule has 0 amide bonds. The van der Waals surface area contributed by atoms with Crippen LogP contribution in [0.5, 0.6) is 0 Å². The molecular weight excluding hydrogens is 471 g/mol. The maximum absolute atomic E-state index is 2.45. The van der Waals surface area contributed by atoms with Crippen LogP contribution in [0, 0.1) is 6.92 Å². The predicted molar refractivity (Wildman–Crippen MR) is 162 cm³/mol. The number of rotatable bonds is 4. The third kappa shape index (κ3) is 4.79.